The fourth-order valence-electron chi connectivity index (χ4n) is 2.22. The van der Waals surface area contributed by atoms with E-state index in [9.17, 15) is 4.79 Å². The van der Waals surface area contributed by atoms with E-state index in [4.69, 9.17) is 5.73 Å². The van der Waals surface area contributed by atoms with E-state index in [1.54, 1.807) is 6.08 Å². The zero-order chi connectivity index (χ0) is 15.1. The van der Waals surface area contributed by atoms with Crippen LogP contribution >= 0.6 is 0 Å². The van der Waals surface area contributed by atoms with Crippen LogP contribution in [-0.4, -0.2) is 5.78 Å². The Labute approximate surface area is 125 Å². The topological polar surface area (TPSA) is 43.1 Å². The van der Waals surface area contributed by atoms with Crippen LogP contribution < -0.4 is 5.73 Å². The summed E-state index contributed by atoms with van der Waals surface area (Å²) in [6, 6.07) is 0. The Hall–Kier alpha value is -1.05. The van der Waals surface area contributed by atoms with Gasteiger partial charge in [-0.15, -0.1) is 0 Å². The monoisotopic (exact) mass is 279 g/mol. The molecule has 0 aromatic rings. The third-order valence-electron chi connectivity index (χ3n) is 3.56. The highest BCUT2D eigenvalue weighted by Crippen LogP contribution is 2.11. The lowest BCUT2D eigenvalue weighted by molar-refractivity contribution is -0.111. The first-order chi connectivity index (χ1) is 9.68. The molecule has 20 heavy (non-hydrogen) atoms. The molecule has 2 nitrogen and oxygen atoms in total. The molecule has 0 saturated carbocycles. The number of unbranched alkanes of at least 4 members (excludes halogenated alkanes) is 11. The molecular weight excluding hydrogens is 246 g/mol. The normalized spacial score (nSPS) is 11.1. The van der Waals surface area contributed by atoms with Gasteiger partial charge in [0.25, 0.3) is 0 Å². The van der Waals surface area contributed by atoms with Crippen LogP contribution in [0, 0.1) is 0 Å². The van der Waals surface area contributed by atoms with E-state index >= 15 is 0 Å². The zero-order valence-corrected chi connectivity index (χ0v) is 13.3. The Morgan fingerprint density at radius 3 is 1.80 bits per heavy atom. The highest BCUT2D eigenvalue weighted by molar-refractivity contribution is 6.02. The van der Waals surface area contributed by atoms with Crippen LogP contribution in [-0.2, 0) is 4.79 Å². The predicted molar refractivity (Wildman–Crippen MR) is 88.6 cm³/mol. The average molecular weight is 279 g/mol. The molecule has 0 atom stereocenters. The van der Waals surface area contributed by atoms with Gasteiger partial charge in [-0.3, -0.25) is 4.79 Å². The minimum absolute atomic E-state index is 0.125. The number of hydrogen-bond acceptors (Lipinski definition) is 2. The van der Waals surface area contributed by atoms with Gasteiger partial charge in [-0.2, -0.15) is 0 Å². The van der Waals surface area contributed by atoms with E-state index in [0.29, 0.717) is 0 Å². The van der Waals surface area contributed by atoms with Crippen LogP contribution in [0.3, 0.4) is 0 Å². The van der Waals surface area contributed by atoms with Crippen molar-refractivity contribution < 1.29 is 4.79 Å². The Morgan fingerprint density at radius 1 is 0.900 bits per heavy atom. The van der Waals surface area contributed by atoms with Gasteiger partial charge in [-0.25, -0.2) is 0 Å². The molecule has 0 unspecified atom stereocenters. The summed E-state index contributed by atoms with van der Waals surface area (Å²) in [6.45, 7) is 5.67. The molecule has 0 aliphatic heterocycles. The largest absolute Gasteiger partial charge is 0.396 e. The summed E-state index contributed by atoms with van der Waals surface area (Å²) in [7, 11) is 0. The second kappa shape index (κ2) is 14.4. The van der Waals surface area contributed by atoms with Crippen molar-refractivity contribution in [3.05, 3.63) is 24.4 Å². The quantitative estimate of drug-likeness (QED) is 0.347. The van der Waals surface area contributed by atoms with Crippen LogP contribution in [0.5, 0.6) is 0 Å². The Balaban J connectivity index is 3.17. The van der Waals surface area contributed by atoms with Gasteiger partial charge >= 0.3 is 0 Å². The Morgan fingerprint density at radius 2 is 1.35 bits per heavy atom. The van der Waals surface area contributed by atoms with Crippen LogP contribution in [0.4, 0.5) is 0 Å². The molecule has 0 aromatic heterocycles. The van der Waals surface area contributed by atoms with E-state index in [1.807, 2.05) is 6.08 Å². The van der Waals surface area contributed by atoms with Crippen molar-refractivity contribution in [2.75, 3.05) is 0 Å². The molecule has 2 N–H and O–H groups in total. The van der Waals surface area contributed by atoms with Gasteiger partial charge in [-0.1, -0.05) is 83.8 Å². The number of carbonyl (C=O) groups is 1. The first-order valence-electron chi connectivity index (χ1n) is 8.33. The maximum absolute atomic E-state index is 11.1. The summed E-state index contributed by atoms with van der Waals surface area (Å²) in [5.41, 5.74) is 5.41. The number of hydrogen-bond donors (Lipinski definition) is 1. The summed E-state index contributed by atoms with van der Waals surface area (Å²) in [4.78, 5) is 11.1. The summed E-state index contributed by atoms with van der Waals surface area (Å²) in [5.74, 6) is -0.159. The number of rotatable bonds is 14. The molecule has 0 radical (unpaired) electrons. The predicted octanol–water partition coefficient (Wildman–Crippen LogP) is 5.29. The summed E-state index contributed by atoms with van der Waals surface area (Å²) in [5, 5.41) is 0. The lowest BCUT2D eigenvalue weighted by Gasteiger charge is -2.01. The second-order valence-corrected chi connectivity index (χ2v) is 5.62. The van der Waals surface area contributed by atoms with Gasteiger partial charge in [0.05, 0.1) is 5.70 Å². The first-order valence-corrected chi connectivity index (χ1v) is 8.33. The molecular formula is C18H33NO. The molecule has 0 rings (SSSR count). The van der Waals surface area contributed by atoms with E-state index < -0.39 is 0 Å². The van der Waals surface area contributed by atoms with Gasteiger partial charge in [-0.05, 0) is 18.9 Å². The van der Waals surface area contributed by atoms with Crippen molar-refractivity contribution >= 4 is 5.78 Å². The summed E-state index contributed by atoms with van der Waals surface area (Å²) >= 11 is 0. The molecule has 116 valence electrons. The molecule has 0 fully saturated rings. The zero-order valence-electron chi connectivity index (χ0n) is 13.3. The fourth-order valence-corrected chi connectivity index (χ4v) is 2.22. The second-order valence-electron chi connectivity index (χ2n) is 5.62. The Kier molecular flexibility index (Phi) is 13.6. The first kappa shape index (κ1) is 18.9. The van der Waals surface area contributed by atoms with E-state index in [2.05, 4.69) is 13.5 Å². The van der Waals surface area contributed by atoms with E-state index in [-0.39, 0.29) is 11.5 Å². The Bertz CT molecular complexity index is 281. The molecule has 0 heterocycles. The van der Waals surface area contributed by atoms with Crippen LogP contribution in [0.2, 0.25) is 0 Å². The van der Waals surface area contributed by atoms with Gasteiger partial charge in [0.15, 0.2) is 0 Å². The van der Waals surface area contributed by atoms with Crippen LogP contribution in [0.25, 0.3) is 0 Å². The third kappa shape index (κ3) is 13.4. The lowest BCUT2D eigenvalue weighted by atomic mass is 10.1. The van der Waals surface area contributed by atoms with Gasteiger partial charge in [0.2, 0.25) is 5.78 Å². The van der Waals surface area contributed by atoms with E-state index in [1.165, 1.54) is 64.2 Å². The molecule has 0 aliphatic rings. The van der Waals surface area contributed by atoms with Crippen molar-refractivity contribution in [2.24, 2.45) is 5.73 Å². The van der Waals surface area contributed by atoms with Crippen LogP contribution in [0.1, 0.15) is 84.0 Å². The SMILES string of the molecule is C=C(N)C(=O)/C=C/CCCCCCCCCCCCC. The average Bonchev–Trinajstić information content (AvgIpc) is 2.43. The fraction of sp³-hybridized carbons (Fsp3) is 0.722. The van der Waals surface area contributed by atoms with Gasteiger partial charge in [0, 0.05) is 0 Å². The van der Waals surface area contributed by atoms with Crippen molar-refractivity contribution in [2.45, 2.75) is 84.0 Å². The highest BCUT2D eigenvalue weighted by atomic mass is 16.1. The standard InChI is InChI=1S/C18H33NO/c1-3-4-5-6-7-8-9-10-11-12-13-14-15-16-18(20)17(2)19/h15-16H,2-14,19H2,1H3/b16-15+. The summed E-state index contributed by atoms with van der Waals surface area (Å²) in [6.07, 6.45) is 19.3. The van der Waals surface area contributed by atoms with Crippen molar-refractivity contribution in [1.29, 1.82) is 0 Å². The maximum Gasteiger partial charge on any atom is 0.200 e. The summed E-state index contributed by atoms with van der Waals surface area (Å²) < 4.78 is 0. The van der Waals surface area contributed by atoms with Crippen molar-refractivity contribution in [3.63, 3.8) is 0 Å². The highest BCUT2D eigenvalue weighted by Gasteiger charge is 1.95. The molecule has 0 bridgehead atoms. The van der Waals surface area contributed by atoms with Gasteiger partial charge < -0.3 is 5.73 Å². The lowest BCUT2D eigenvalue weighted by Crippen LogP contribution is -2.05. The number of allylic oxidation sites excluding steroid dienone is 2. The van der Waals surface area contributed by atoms with Crippen molar-refractivity contribution in [1.82, 2.24) is 0 Å². The third-order valence-corrected chi connectivity index (χ3v) is 3.56. The number of nitrogens with two attached hydrogens (primary N) is 1. The molecule has 0 amide bonds. The van der Waals surface area contributed by atoms with Crippen molar-refractivity contribution in [3.8, 4) is 0 Å². The minimum Gasteiger partial charge on any atom is -0.396 e. The van der Waals surface area contributed by atoms with Gasteiger partial charge in [0.1, 0.15) is 0 Å². The molecule has 0 saturated heterocycles. The molecule has 0 aromatic carbocycles. The number of ketones is 1. The molecule has 2 heteroatoms. The maximum atomic E-state index is 11.1. The van der Waals surface area contributed by atoms with E-state index in [0.717, 1.165) is 12.8 Å². The minimum atomic E-state index is -0.159. The van der Waals surface area contributed by atoms with Crippen LogP contribution in [0.15, 0.2) is 24.4 Å². The molecule has 0 spiro atoms. The smallest absolute Gasteiger partial charge is 0.200 e. The molecule has 0 aliphatic carbocycles. The number of carbonyl (C=O) groups excluding carboxylic acids is 1.